The highest BCUT2D eigenvalue weighted by molar-refractivity contribution is 6.36. The van der Waals surface area contributed by atoms with E-state index in [1.807, 2.05) is 12.1 Å². The van der Waals surface area contributed by atoms with Gasteiger partial charge in [-0.05, 0) is 31.0 Å². The van der Waals surface area contributed by atoms with Crippen LogP contribution in [0.1, 0.15) is 12.8 Å². The number of nitrogens with zero attached hydrogens (tertiary/aromatic N) is 1. The first-order chi connectivity index (χ1) is 8.56. The minimum Gasteiger partial charge on any atom is -0.368 e. The standard InChI is InChI=1S/C12H15Cl2N3O/c13-8-3-4-11(10(14)6-8)17-5-1-2-9(7-17)16-12(15)18/h3-4,6,9H,1-2,5,7H2,(H3,15,16,18). The van der Waals surface area contributed by atoms with E-state index in [-0.39, 0.29) is 6.04 Å². The molecular formula is C12H15Cl2N3O. The Balaban J connectivity index is 2.10. The highest BCUT2D eigenvalue weighted by atomic mass is 35.5. The molecule has 1 heterocycles. The average molecular weight is 288 g/mol. The van der Waals surface area contributed by atoms with Crippen molar-refractivity contribution in [3.05, 3.63) is 28.2 Å². The molecule has 2 rings (SSSR count). The number of nitrogens with one attached hydrogen (secondary N) is 1. The van der Waals surface area contributed by atoms with Crippen LogP contribution in [0.4, 0.5) is 10.5 Å². The van der Waals surface area contributed by atoms with Crippen molar-refractivity contribution in [2.75, 3.05) is 18.0 Å². The number of urea groups is 1. The number of nitrogens with two attached hydrogens (primary N) is 1. The lowest BCUT2D eigenvalue weighted by Gasteiger charge is -2.35. The number of benzene rings is 1. The molecule has 0 aromatic heterocycles. The Hall–Kier alpha value is -1.13. The zero-order chi connectivity index (χ0) is 13.1. The summed E-state index contributed by atoms with van der Waals surface area (Å²) in [6.45, 7) is 1.63. The topological polar surface area (TPSA) is 58.4 Å². The van der Waals surface area contributed by atoms with Crippen molar-refractivity contribution in [3.63, 3.8) is 0 Å². The molecule has 0 radical (unpaired) electrons. The molecule has 98 valence electrons. The molecule has 1 aromatic rings. The number of carbonyl (C=O) groups excluding carboxylic acids is 1. The molecule has 1 atom stereocenters. The van der Waals surface area contributed by atoms with Gasteiger partial charge in [-0.15, -0.1) is 0 Å². The second kappa shape index (κ2) is 5.67. The molecule has 1 aliphatic heterocycles. The van der Waals surface area contributed by atoms with Gasteiger partial charge in [0, 0.05) is 24.2 Å². The second-order valence-electron chi connectivity index (χ2n) is 4.39. The number of primary amides is 1. The molecule has 2 amide bonds. The zero-order valence-electron chi connectivity index (χ0n) is 9.83. The molecule has 1 saturated heterocycles. The number of hydrogen-bond acceptors (Lipinski definition) is 2. The fourth-order valence-corrected chi connectivity index (χ4v) is 2.78. The van der Waals surface area contributed by atoms with Gasteiger partial charge in [-0.3, -0.25) is 0 Å². The van der Waals surface area contributed by atoms with E-state index in [0.29, 0.717) is 16.6 Å². The number of piperidine rings is 1. The Morgan fingerprint density at radius 1 is 1.44 bits per heavy atom. The van der Waals surface area contributed by atoms with Gasteiger partial charge >= 0.3 is 6.03 Å². The van der Waals surface area contributed by atoms with Crippen molar-refractivity contribution in [3.8, 4) is 0 Å². The van der Waals surface area contributed by atoms with Crippen LogP contribution in [0.25, 0.3) is 0 Å². The molecule has 1 aliphatic rings. The summed E-state index contributed by atoms with van der Waals surface area (Å²) >= 11 is 12.1. The normalized spacial score (nSPS) is 19.7. The van der Waals surface area contributed by atoms with E-state index >= 15 is 0 Å². The molecule has 4 nitrogen and oxygen atoms in total. The molecule has 1 unspecified atom stereocenters. The first-order valence-corrected chi connectivity index (χ1v) is 6.58. The first kappa shape index (κ1) is 13.3. The van der Waals surface area contributed by atoms with E-state index in [4.69, 9.17) is 28.9 Å². The van der Waals surface area contributed by atoms with Gasteiger partial charge in [-0.1, -0.05) is 23.2 Å². The Labute approximate surface area is 116 Å². The maximum Gasteiger partial charge on any atom is 0.312 e. The van der Waals surface area contributed by atoms with Crippen LogP contribution in [0.3, 0.4) is 0 Å². The minimum atomic E-state index is -0.482. The van der Waals surface area contributed by atoms with Crippen LogP contribution >= 0.6 is 23.2 Å². The van der Waals surface area contributed by atoms with E-state index < -0.39 is 6.03 Å². The van der Waals surface area contributed by atoms with Gasteiger partial charge < -0.3 is 16.0 Å². The van der Waals surface area contributed by atoms with Crippen molar-refractivity contribution < 1.29 is 4.79 Å². The lowest BCUT2D eigenvalue weighted by Crippen LogP contribution is -2.49. The maximum atomic E-state index is 10.9. The lowest BCUT2D eigenvalue weighted by molar-refractivity contribution is 0.243. The molecule has 3 N–H and O–H groups in total. The fraction of sp³-hybridized carbons (Fsp3) is 0.417. The highest BCUT2D eigenvalue weighted by Crippen LogP contribution is 2.30. The summed E-state index contributed by atoms with van der Waals surface area (Å²) in [6, 6.07) is 5.03. The Bertz CT molecular complexity index is 453. The molecule has 0 bridgehead atoms. The summed E-state index contributed by atoms with van der Waals surface area (Å²) in [5, 5.41) is 3.99. The fourth-order valence-electron chi connectivity index (χ4n) is 2.25. The van der Waals surface area contributed by atoms with Gasteiger partial charge in [-0.2, -0.15) is 0 Å². The summed E-state index contributed by atoms with van der Waals surface area (Å²) in [7, 11) is 0. The largest absolute Gasteiger partial charge is 0.368 e. The summed E-state index contributed by atoms with van der Waals surface area (Å²) < 4.78 is 0. The van der Waals surface area contributed by atoms with E-state index in [1.54, 1.807) is 6.07 Å². The molecule has 0 aliphatic carbocycles. The van der Waals surface area contributed by atoms with E-state index in [1.165, 1.54) is 0 Å². The Morgan fingerprint density at radius 2 is 2.22 bits per heavy atom. The second-order valence-corrected chi connectivity index (χ2v) is 5.23. The summed E-state index contributed by atoms with van der Waals surface area (Å²) in [5.74, 6) is 0. The number of amides is 2. The minimum absolute atomic E-state index is 0.0722. The van der Waals surface area contributed by atoms with Gasteiger partial charge in [-0.25, -0.2) is 4.79 Å². The SMILES string of the molecule is NC(=O)NC1CCCN(c2ccc(Cl)cc2Cl)C1. The maximum absolute atomic E-state index is 10.9. The first-order valence-electron chi connectivity index (χ1n) is 5.82. The number of anilines is 1. The molecular weight excluding hydrogens is 273 g/mol. The molecule has 0 spiro atoms. The molecule has 1 fully saturated rings. The van der Waals surface area contributed by atoms with E-state index in [0.717, 1.165) is 25.1 Å². The summed E-state index contributed by atoms with van der Waals surface area (Å²) in [5.41, 5.74) is 6.09. The van der Waals surface area contributed by atoms with Gasteiger partial charge in [0.1, 0.15) is 0 Å². The van der Waals surface area contributed by atoms with Gasteiger partial charge in [0.2, 0.25) is 0 Å². The van der Waals surface area contributed by atoms with Crippen molar-refractivity contribution in [2.24, 2.45) is 5.73 Å². The van der Waals surface area contributed by atoms with Gasteiger partial charge in [0.05, 0.1) is 10.7 Å². The molecule has 18 heavy (non-hydrogen) atoms. The number of rotatable bonds is 2. The van der Waals surface area contributed by atoms with Crippen LogP contribution in [0.15, 0.2) is 18.2 Å². The quantitative estimate of drug-likeness (QED) is 0.879. The van der Waals surface area contributed by atoms with Crippen LogP contribution in [-0.4, -0.2) is 25.2 Å². The third-order valence-electron chi connectivity index (χ3n) is 3.02. The zero-order valence-corrected chi connectivity index (χ0v) is 11.3. The van der Waals surface area contributed by atoms with Gasteiger partial charge in [0.25, 0.3) is 0 Å². The van der Waals surface area contributed by atoms with Crippen LogP contribution in [0, 0.1) is 0 Å². The monoisotopic (exact) mass is 287 g/mol. The predicted octanol–water partition coefficient (Wildman–Crippen LogP) is 2.63. The van der Waals surface area contributed by atoms with Crippen molar-refractivity contribution in [1.82, 2.24) is 5.32 Å². The van der Waals surface area contributed by atoms with Crippen LogP contribution in [-0.2, 0) is 0 Å². The van der Waals surface area contributed by atoms with Crippen LogP contribution < -0.4 is 16.0 Å². The highest BCUT2D eigenvalue weighted by Gasteiger charge is 2.22. The van der Waals surface area contributed by atoms with Crippen LogP contribution in [0.5, 0.6) is 0 Å². The molecule has 0 saturated carbocycles. The van der Waals surface area contributed by atoms with Crippen LogP contribution in [0.2, 0.25) is 10.0 Å². The van der Waals surface area contributed by atoms with Gasteiger partial charge in [0.15, 0.2) is 0 Å². The summed E-state index contributed by atoms with van der Waals surface area (Å²) in [4.78, 5) is 13.0. The summed E-state index contributed by atoms with van der Waals surface area (Å²) in [6.07, 6.45) is 1.93. The smallest absolute Gasteiger partial charge is 0.312 e. The lowest BCUT2D eigenvalue weighted by atomic mass is 10.1. The van der Waals surface area contributed by atoms with E-state index in [9.17, 15) is 4.79 Å². The predicted molar refractivity (Wildman–Crippen MR) is 74.4 cm³/mol. The van der Waals surface area contributed by atoms with E-state index in [2.05, 4.69) is 10.2 Å². The van der Waals surface area contributed by atoms with Crippen molar-refractivity contribution in [2.45, 2.75) is 18.9 Å². The molecule has 1 aromatic carbocycles. The third-order valence-corrected chi connectivity index (χ3v) is 3.56. The van der Waals surface area contributed by atoms with Crippen molar-refractivity contribution >= 4 is 34.9 Å². The Kier molecular flexibility index (Phi) is 4.19. The number of hydrogen-bond donors (Lipinski definition) is 2. The third kappa shape index (κ3) is 3.21. The average Bonchev–Trinajstić information content (AvgIpc) is 2.28. The number of carbonyl (C=O) groups is 1. The number of halogens is 2. The molecule has 6 heteroatoms. The van der Waals surface area contributed by atoms with Crippen molar-refractivity contribution in [1.29, 1.82) is 0 Å². The Morgan fingerprint density at radius 3 is 2.89 bits per heavy atom.